The molecule has 1 aromatic carbocycles. The van der Waals surface area contributed by atoms with Crippen molar-refractivity contribution >= 4 is 23.2 Å². The lowest BCUT2D eigenvalue weighted by Crippen LogP contribution is -2.49. The summed E-state index contributed by atoms with van der Waals surface area (Å²) in [5.41, 5.74) is 1.55. The van der Waals surface area contributed by atoms with Crippen molar-refractivity contribution in [2.45, 2.75) is 45.8 Å². The lowest BCUT2D eigenvalue weighted by atomic mass is 10.1. The van der Waals surface area contributed by atoms with E-state index in [1.807, 2.05) is 26.8 Å². The molecule has 2 unspecified atom stereocenters. The summed E-state index contributed by atoms with van der Waals surface area (Å²) in [5.74, 6) is 0.518. The molecule has 0 aliphatic carbocycles. The van der Waals surface area contributed by atoms with Gasteiger partial charge in [0.1, 0.15) is 5.75 Å². The zero-order chi connectivity index (χ0) is 17.7. The largest absolute Gasteiger partial charge is 0.495 e. The Morgan fingerprint density at radius 3 is 2.92 bits per heavy atom. The second kappa shape index (κ2) is 8.70. The SMILES string of the molecule is CCOC1CCCN(C(C)C(=O)Nc2cc(C)c(Cl)cc2OC)C1. The van der Waals surface area contributed by atoms with Crippen molar-refractivity contribution in [1.29, 1.82) is 0 Å². The summed E-state index contributed by atoms with van der Waals surface area (Å²) in [5, 5.41) is 3.59. The Bertz CT molecular complexity index is 578. The molecule has 1 saturated heterocycles. The highest BCUT2D eigenvalue weighted by atomic mass is 35.5. The Labute approximate surface area is 149 Å². The summed E-state index contributed by atoms with van der Waals surface area (Å²) in [6, 6.07) is 3.34. The van der Waals surface area contributed by atoms with Crippen LogP contribution in [0.1, 0.15) is 32.3 Å². The predicted molar refractivity (Wildman–Crippen MR) is 97.1 cm³/mol. The Hall–Kier alpha value is -1.30. The van der Waals surface area contributed by atoms with Crippen LogP contribution in [0.3, 0.4) is 0 Å². The number of nitrogens with one attached hydrogen (secondary N) is 1. The van der Waals surface area contributed by atoms with Crippen LogP contribution in [0.5, 0.6) is 5.75 Å². The zero-order valence-electron chi connectivity index (χ0n) is 14.9. The van der Waals surface area contributed by atoms with Gasteiger partial charge in [0.15, 0.2) is 0 Å². The molecule has 24 heavy (non-hydrogen) atoms. The maximum Gasteiger partial charge on any atom is 0.241 e. The highest BCUT2D eigenvalue weighted by Gasteiger charge is 2.28. The van der Waals surface area contributed by atoms with Crippen molar-refractivity contribution in [2.24, 2.45) is 0 Å². The number of anilines is 1. The summed E-state index contributed by atoms with van der Waals surface area (Å²) in [4.78, 5) is 14.8. The van der Waals surface area contributed by atoms with E-state index in [0.717, 1.165) is 31.5 Å². The lowest BCUT2D eigenvalue weighted by molar-refractivity contribution is -0.122. The molecule has 6 heteroatoms. The first-order valence-electron chi connectivity index (χ1n) is 8.46. The molecule has 5 nitrogen and oxygen atoms in total. The van der Waals surface area contributed by atoms with Crippen LogP contribution in [0.25, 0.3) is 0 Å². The maximum atomic E-state index is 12.7. The van der Waals surface area contributed by atoms with Gasteiger partial charge < -0.3 is 14.8 Å². The molecular weight excluding hydrogens is 328 g/mol. The molecule has 0 saturated carbocycles. The summed E-state index contributed by atoms with van der Waals surface area (Å²) >= 11 is 6.12. The molecule has 0 radical (unpaired) electrons. The van der Waals surface area contributed by atoms with E-state index < -0.39 is 0 Å². The highest BCUT2D eigenvalue weighted by molar-refractivity contribution is 6.31. The number of aryl methyl sites for hydroxylation is 1. The Morgan fingerprint density at radius 1 is 1.50 bits per heavy atom. The number of amides is 1. The molecule has 1 amide bonds. The summed E-state index contributed by atoms with van der Waals surface area (Å²) in [7, 11) is 1.57. The van der Waals surface area contributed by atoms with Crippen LogP contribution in [-0.4, -0.2) is 49.8 Å². The van der Waals surface area contributed by atoms with Crippen molar-refractivity contribution in [3.8, 4) is 5.75 Å². The van der Waals surface area contributed by atoms with E-state index in [2.05, 4.69) is 10.2 Å². The van der Waals surface area contributed by atoms with Crippen LogP contribution < -0.4 is 10.1 Å². The molecule has 1 aliphatic rings. The van der Waals surface area contributed by atoms with Crippen molar-refractivity contribution in [2.75, 3.05) is 32.1 Å². The first-order valence-corrected chi connectivity index (χ1v) is 8.84. The van der Waals surface area contributed by atoms with E-state index in [-0.39, 0.29) is 18.1 Å². The van der Waals surface area contributed by atoms with Crippen molar-refractivity contribution in [3.05, 3.63) is 22.7 Å². The first kappa shape index (κ1) is 19.0. The third kappa shape index (κ3) is 4.62. The normalized spacial score (nSPS) is 19.8. The number of rotatable bonds is 6. The molecule has 1 aromatic rings. The second-order valence-electron chi connectivity index (χ2n) is 6.18. The molecule has 0 bridgehead atoms. The quantitative estimate of drug-likeness (QED) is 0.849. The van der Waals surface area contributed by atoms with Gasteiger partial charge in [0.05, 0.1) is 24.9 Å². The number of benzene rings is 1. The summed E-state index contributed by atoms with van der Waals surface area (Å²) in [6.07, 6.45) is 2.32. The second-order valence-corrected chi connectivity index (χ2v) is 6.59. The fourth-order valence-corrected chi connectivity index (χ4v) is 3.18. The van der Waals surface area contributed by atoms with Gasteiger partial charge >= 0.3 is 0 Å². The minimum Gasteiger partial charge on any atom is -0.495 e. The van der Waals surface area contributed by atoms with Crippen molar-refractivity contribution in [3.63, 3.8) is 0 Å². The number of nitrogens with zero attached hydrogens (tertiary/aromatic N) is 1. The van der Waals surface area contributed by atoms with Crippen LogP contribution in [0.2, 0.25) is 5.02 Å². The van der Waals surface area contributed by atoms with Gasteiger partial charge in [-0.1, -0.05) is 11.6 Å². The molecule has 1 N–H and O–H groups in total. The van der Waals surface area contributed by atoms with E-state index in [1.165, 1.54) is 0 Å². The van der Waals surface area contributed by atoms with Crippen molar-refractivity contribution < 1.29 is 14.3 Å². The van der Waals surface area contributed by atoms with Crippen molar-refractivity contribution in [1.82, 2.24) is 4.90 Å². The number of carbonyl (C=O) groups excluding carboxylic acids is 1. The molecule has 2 atom stereocenters. The first-order chi connectivity index (χ1) is 11.5. The molecule has 0 spiro atoms. The number of piperidine rings is 1. The molecule has 1 fully saturated rings. The molecule has 2 rings (SSSR count). The number of methoxy groups -OCH3 is 1. The van der Waals surface area contributed by atoms with Crippen LogP contribution in [0, 0.1) is 6.92 Å². The summed E-state index contributed by atoms with van der Waals surface area (Å²) in [6.45, 7) is 8.25. The van der Waals surface area contributed by atoms with E-state index in [9.17, 15) is 4.79 Å². The number of carbonyl (C=O) groups is 1. The van der Waals surface area contributed by atoms with Gasteiger partial charge in [-0.2, -0.15) is 0 Å². The molecule has 1 aliphatic heterocycles. The number of hydrogen-bond acceptors (Lipinski definition) is 4. The topological polar surface area (TPSA) is 50.8 Å². The highest BCUT2D eigenvalue weighted by Crippen LogP contribution is 2.31. The van der Waals surface area contributed by atoms with E-state index in [1.54, 1.807) is 13.2 Å². The minimum atomic E-state index is -0.228. The maximum absolute atomic E-state index is 12.7. The fourth-order valence-electron chi connectivity index (χ4n) is 3.02. The van der Waals surface area contributed by atoms with Gasteiger partial charge in [-0.05, 0) is 51.8 Å². The number of ether oxygens (including phenoxy) is 2. The number of hydrogen-bond donors (Lipinski definition) is 1. The van der Waals surface area contributed by atoms with Gasteiger partial charge in [-0.15, -0.1) is 0 Å². The average Bonchev–Trinajstić information content (AvgIpc) is 2.57. The Balaban J connectivity index is 2.05. The van der Waals surface area contributed by atoms with Gasteiger partial charge in [-0.3, -0.25) is 9.69 Å². The standard InChI is InChI=1S/C18H27ClN2O3/c1-5-24-14-7-6-8-21(11-14)13(3)18(22)20-16-9-12(2)15(19)10-17(16)23-4/h9-10,13-14H,5-8,11H2,1-4H3,(H,20,22). The van der Waals surface area contributed by atoms with Crippen LogP contribution in [0.15, 0.2) is 12.1 Å². The molecular formula is C18H27ClN2O3. The molecule has 0 aromatic heterocycles. The predicted octanol–water partition coefficient (Wildman–Crippen LogP) is 3.48. The Kier molecular flexibility index (Phi) is 6.90. The third-order valence-electron chi connectivity index (χ3n) is 4.48. The fraction of sp³-hybridized carbons (Fsp3) is 0.611. The van der Waals surface area contributed by atoms with E-state index in [0.29, 0.717) is 23.1 Å². The molecule has 1 heterocycles. The van der Waals surface area contributed by atoms with Gasteiger partial charge in [0.2, 0.25) is 5.91 Å². The minimum absolute atomic E-state index is 0.0489. The van der Waals surface area contributed by atoms with Crippen LogP contribution >= 0.6 is 11.6 Å². The van der Waals surface area contributed by atoms with Crippen LogP contribution in [0.4, 0.5) is 5.69 Å². The average molecular weight is 355 g/mol. The smallest absolute Gasteiger partial charge is 0.241 e. The summed E-state index contributed by atoms with van der Waals surface area (Å²) < 4.78 is 11.0. The number of likely N-dealkylation sites (tertiary alicyclic amines) is 1. The Morgan fingerprint density at radius 2 is 2.25 bits per heavy atom. The monoisotopic (exact) mass is 354 g/mol. The van der Waals surface area contributed by atoms with E-state index >= 15 is 0 Å². The van der Waals surface area contributed by atoms with Gasteiger partial charge in [0.25, 0.3) is 0 Å². The van der Waals surface area contributed by atoms with Gasteiger partial charge in [-0.25, -0.2) is 0 Å². The van der Waals surface area contributed by atoms with Gasteiger partial charge in [0, 0.05) is 24.2 Å². The number of halogens is 1. The lowest BCUT2D eigenvalue weighted by Gasteiger charge is -2.35. The van der Waals surface area contributed by atoms with Crippen LogP contribution in [-0.2, 0) is 9.53 Å². The zero-order valence-corrected chi connectivity index (χ0v) is 15.7. The third-order valence-corrected chi connectivity index (χ3v) is 4.88. The molecule has 134 valence electrons. The van der Waals surface area contributed by atoms with E-state index in [4.69, 9.17) is 21.1 Å².